The summed E-state index contributed by atoms with van der Waals surface area (Å²) in [5.41, 5.74) is 3.09. The lowest BCUT2D eigenvalue weighted by molar-refractivity contribution is -0.00671. The number of oxime groups is 1. The minimum atomic E-state index is -0.805. The summed E-state index contributed by atoms with van der Waals surface area (Å²) >= 11 is 0. The van der Waals surface area contributed by atoms with E-state index in [1.54, 1.807) is 7.11 Å². The van der Waals surface area contributed by atoms with Crippen LogP contribution in [0.15, 0.2) is 78.0 Å². The number of hydrogen-bond donors (Lipinski definition) is 1. The summed E-state index contributed by atoms with van der Waals surface area (Å²) in [5, 5.41) is 14.9. The second-order valence-electron chi connectivity index (χ2n) is 8.78. The molecule has 3 aromatic rings. The Morgan fingerprint density at radius 2 is 1.86 bits per heavy atom. The van der Waals surface area contributed by atoms with Crippen LogP contribution in [0.1, 0.15) is 23.1 Å². The van der Waals surface area contributed by atoms with Gasteiger partial charge in [-0.3, -0.25) is 4.90 Å². The molecule has 1 aliphatic rings. The number of benzene rings is 3. The number of rotatable bonds is 12. The van der Waals surface area contributed by atoms with Crippen molar-refractivity contribution < 1.29 is 28.2 Å². The van der Waals surface area contributed by atoms with Crippen molar-refractivity contribution in [2.75, 3.05) is 26.8 Å². The summed E-state index contributed by atoms with van der Waals surface area (Å²) in [6.07, 6.45) is -0.515. The van der Waals surface area contributed by atoms with E-state index in [-0.39, 0.29) is 25.8 Å². The fourth-order valence-electron chi connectivity index (χ4n) is 4.10. The summed E-state index contributed by atoms with van der Waals surface area (Å²) in [6.45, 7) is 1.31. The first-order valence-corrected chi connectivity index (χ1v) is 11.8. The number of ether oxygens (including phenoxy) is 2. The molecule has 2 atom stereocenters. The molecule has 0 amide bonds. The normalized spacial score (nSPS) is 16.0. The van der Waals surface area contributed by atoms with Gasteiger partial charge in [0.1, 0.15) is 23.5 Å². The molecule has 1 aliphatic heterocycles. The van der Waals surface area contributed by atoms with E-state index >= 15 is 0 Å². The lowest BCUT2D eigenvalue weighted by Gasteiger charge is -2.27. The standard InChI is InChI=1S/C28H30F2N2O4/c1-34-25-11-8-21(9-12-25)28-14-26(36-31-28)17-32(15-22-7-10-23(29)13-27(22)30)16-24(33)19-35-18-20-5-3-2-4-6-20/h2-13,24,26,33H,14-19H2,1H3/t24-,26-/m0/s1. The van der Waals surface area contributed by atoms with Crippen molar-refractivity contribution in [3.63, 3.8) is 0 Å². The molecule has 0 spiro atoms. The van der Waals surface area contributed by atoms with Gasteiger partial charge < -0.3 is 19.4 Å². The van der Waals surface area contributed by atoms with Crippen LogP contribution < -0.4 is 4.74 Å². The van der Waals surface area contributed by atoms with Crippen LogP contribution in [0.2, 0.25) is 0 Å². The zero-order chi connectivity index (χ0) is 25.3. The highest BCUT2D eigenvalue weighted by Gasteiger charge is 2.26. The Labute approximate surface area is 209 Å². The van der Waals surface area contributed by atoms with Crippen molar-refractivity contribution in [1.29, 1.82) is 0 Å². The zero-order valence-corrected chi connectivity index (χ0v) is 20.1. The number of nitrogens with zero attached hydrogens (tertiary/aromatic N) is 2. The van der Waals surface area contributed by atoms with E-state index in [4.69, 9.17) is 14.3 Å². The molecule has 4 rings (SSSR count). The molecule has 1 heterocycles. The second kappa shape index (κ2) is 12.6. The van der Waals surface area contributed by atoms with Gasteiger partial charge in [0, 0.05) is 37.7 Å². The Morgan fingerprint density at radius 1 is 1.08 bits per heavy atom. The number of aliphatic hydroxyl groups is 1. The molecule has 0 saturated carbocycles. The number of methoxy groups -OCH3 is 1. The fraction of sp³-hybridized carbons (Fsp3) is 0.321. The van der Waals surface area contributed by atoms with Gasteiger partial charge in [-0.05, 0) is 41.5 Å². The minimum absolute atomic E-state index is 0.121. The maximum atomic E-state index is 14.4. The number of hydrogen-bond acceptors (Lipinski definition) is 6. The van der Waals surface area contributed by atoms with Gasteiger partial charge >= 0.3 is 0 Å². The Morgan fingerprint density at radius 3 is 2.58 bits per heavy atom. The van der Waals surface area contributed by atoms with Crippen molar-refractivity contribution in [1.82, 2.24) is 4.90 Å². The topological polar surface area (TPSA) is 63.5 Å². The van der Waals surface area contributed by atoms with Crippen LogP contribution in [0.4, 0.5) is 8.78 Å². The molecule has 0 fully saturated rings. The van der Waals surface area contributed by atoms with Gasteiger partial charge in [-0.2, -0.15) is 0 Å². The van der Waals surface area contributed by atoms with Gasteiger partial charge in [-0.25, -0.2) is 8.78 Å². The van der Waals surface area contributed by atoms with Crippen molar-refractivity contribution in [3.05, 3.63) is 101 Å². The van der Waals surface area contributed by atoms with E-state index in [9.17, 15) is 13.9 Å². The molecule has 190 valence electrons. The molecule has 3 aromatic carbocycles. The third-order valence-corrected chi connectivity index (χ3v) is 5.92. The zero-order valence-electron chi connectivity index (χ0n) is 20.1. The average molecular weight is 497 g/mol. The Bertz CT molecular complexity index is 1140. The van der Waals surface area contributed by atoms with E-state index in [1.165, 1.54) is 12.1 Å². The lowest BCUT2D eigenvalue weighted by atomic mass is 10.0. The van der Waals surface area contributed by atoms with E-state index < -0.39 is 17.7 Å². The monoisotopic (exact) mass is 496 g/mol. The predicted octanol–water partition coefficient (Wildman–Crippen LogP) is 4.55. The maximum Gasteiger partial charge on any atom is 0.145 e. The minimum Gasteiger partial charge on any atom is -0.497 e. The summed E-state index contributed by atoms with van der Waals surface area (Å²) in [5.74, 6) is -0.503. The largest absolute Gasteiger partial charge is 0.497 e. The van der Waals surface area contributed by atoms with Gasteiger partial charge in [-0.1, -0.05) is 41.6 Å². The van der Waals surface area contributed by atoms with Crippen molar-refractivity contribution >= 4 is 5.71 Å². The first-order valence-electron chi connectivity index (χ1n) is 11.8. The van der Waals surface area contributed by atoms with Crippen LogP contribution in [-0.4, -0.2) is 54.7 Å². The molecule has 0 saturated heterocycles. The first kappa shape index (κ1) is 25.8. The van der Waals surface area contributed by atoms with Gasteiger partial charge in [0.15, 0.2) is 0 Å². The molecule has 36 heavy (non-hydrogen) atoms. The molecular formula is C28H30F2N2O4. The van der Waals surface area contributed by atoms with Gasteiger partial charge in [0.2, 0.25) is 0 Å². The molecule has 0 aliphatic carbocycles. The average Bonchev–Trinajstić information content (AvgIpc) is 3.35. The van der Waals surface area contributed by atoms with Crippen LogP contribution >= 0.6 is 0 Å². The molecule has 8 heteroatoms. The number of aliphatic hydroxyl groups excluding tert-OH is 1. The smallest absolute Gasteiger partial charge is 0.145 e. The van der Waals surface area contributed by atoms with Crippen LogP contribution in [0.5, 0.6) is 5.75 Å². The van der Waals surface area contributed by atoms with Crippen LogP contribution in [0, 0.1) is 11.6 Å². The van der Waals surface area contributed by atoms with Crippen molar-refractivity contribution in [2.45, 2.75) is 31.8 Å². The molecule has 0 unspecified atom stereocenters. The predicted molar refractivity (Wildman–Crippen MR) is 133 cm³/mol. The molecular weight excluding hydrogens is 466 g/mol. The lowest BCUT2D eigenvalue weighted by Crippen LogP contribution is -2.39. The summed E-state index contributed by atoms with van der Waals surface area (Å²) in [7, 11) is 1.61. The fourth-order valence-corrected chi connectivity index (χ4v) is 4.10. The highest BCUT2D eigenvalue weighted by Crippen LogP contribution is 2.21. The van der Waals surface area contributed by atoms with Gasteiger partial charge in [0.05, 0.1) is 32.1 Å². The maximum absolute atomic E-state index is 14.4. The Balaban J connectivity index is 1.36. The van der Waals surface area contributed by atoms with Crippen molar-refractivity contribution in [2.24, 2.45) is 5.16 Å². The third-order valence-electron chi connectivity index (χ3n) is 5.92. The van der Waals surface area contributed by atoms with Crippen LogP contribution in [-0.2, 0) is 22.7 Å². The Hall–Kier alpha value is -3.33. The quantitative estimate of drug-likeness (QED) is 0.399. The molecule has 0 bridgehead atoms. The Kier molecular flexibility index (Phi) is 9.00. The SMILES string of the molecule is COc1ccc(C2=NO[C@H](CN(Cc3ccc(F)cc3F)C[C@H](O)COCc3ccccc3)C2)cc1. The van der Waals surface area contributed by atoms with Crippen molar-refractivity contribution in [3.8, 4) is 5.75 Å². The van der Waals surface area contributed by atoms with E-state index in [0.29, 0.717) is 25.1 Å². The van der Waals surface area contributed by atoms with E-state index in [1.807, 2.05) is 59.5 Å². The molecule has 6 nitrogen and oxygen atoms in total. The highest BCUT2D eigenvalue weighted by molar-refractivity contribution is 6.01. The van der Waals surface area contributed by atoms with Crippen LogP contribution in [0.25, 0.3) is 0 Å². The first-order chi connectivity index (χ1) is 17.5. The molecule has 1 N–H and O–H groups in total. The van der Waals surface area contributed by atoms with E-state index in [0.717, 1.165) is 28.7 Å². The van der Waals surface area contributed by atoms with Gasteiger partial charge in [0.25, 0.3) is 0 Å². The van der Waals surface area contributed by atoms with E-state index in [2.05, 4.69) is 5.16 Å². The molecule has 0 aromatic heterocycles. The highest BCUT2D eigenvalue weighted by atomic mass is 19.1. The summed E-state index contributed by atoms with van der Waals surface area (Å²) in [6, 6.07) is 20.8. The number of halogens is 2. The van der Waals surface area contributed by atoms with Gasteiger partial charge in [-0.15, -0.1) is 0 Å². The summed E-state index contributed by atoms with van der Waals surface area (Å²) in [4.78, 5) is 7.54. The summed E-state index contributed by atoms with van der Waals surface area (Å²) < 4.78 is 38.7. The third kappa shape index (κ3) is 7.34. The molecule has 0 radical (unpaired) electrons. The second-order valence-corrected chi connectivity index (χ2v) is 8.78. The van der Waals surface area contributed by atoms with Crippen LogP contribution in [0.3, 0.4) is 0 Å².